The first-order chi connectivity index (χ1) is 32.9. The Kier molecular flexibility index (Phi) is 10.0. The molecule has 1 atom stereocenters. The molecule has 1 unspecified atom stereocenters. The van der Waals surface area contributed by atoms with E-state index in [-0.39, 0.29) is 11.3 Å². The van der Waals surface area contributed by atoms with Crippen molar-refractivity contribution in [2.75, 3.05) is 0 Å². The molecule has 320 valence electrons. The van der Waals surface area contributed by atoms with Gasteiger partial charge in [-0.25, -0.2) is 15.0 Å². The van der Waals surface area contributed by atoms with E-state index in [0.29, 0.717) is 17.5 Å². The van der Waals surface area contributed by atoms with Gasteiger partial charge in [0.15, 0.2) is 17.5 Å². The highest BCUT2D eigenvalue weighted by Gasteiger charge is 2.35. The third kappa shape index (κ3) is 7.41. The Labute approximate surface area is 391 Å². The van der Waals surface area contributed by atoms with Crippen molar-refractivity contribution >= 4 is 21.9 Å². The van der Waals surface area contributed by atoms with E-state index in [9.17, 15) is 0 Å². The molecule has 9 aromatic carbocycles. The molecule has 0 radical (unpaired) electrons. The fourth-order valence-corrected chi connectivity index (χ4v) is 10.3. The Morgan fingerprint density at radius 2 is 0.940 bits per heavy atom. The molecule has 4 nitrogen and oxygen atoms in total. The number of benzene rings is 9. The summed E-state index contributed by atoms with van der Waals surface area (Å²) in [4.78, 5) is 15.1. The lowest BCUT2D eigenvalue weighted by molar-refractivity contribution is 0.654. The lowest BCUT2D eigenvalue weighted by atomic mass is 9.79. The Morgan fingerprint density at radius 1 is 0.403 bits per heavy atom. The molecule has 1 aliphatic carbocycles. The van der Waals surface area contributed by atoms with Gasteiger partial charge in [0.2, 0.25) is 0 Å². The van der Waals surface area contributed by atoms with Gasteiger partial charge in [-0.1, -0.05) is 214 Å². The standard InChI is InChI=1S/C63H47N3O/c1-63(2)55-23-13-12-21-51(55)52-37-34-49(40-56(52)63)50(45-32-30-43(31-33-45)42-15-6-3-7-16-42)36-27-41-25-28-44(29-26-41)48-35-38-57-54(39-48)59-53(22-14-24-58(59)67-57)62-65-60(46-17-8-4-9-18-46)64-61(66-62)47-19-10-5-11-20-47/h3-26,28-35,37-40,50H,27,36H2,1-2H3. The second-order valence-electron chi connectivity index (χ2n) is 18.3. The van der Waals surface area contributed by atoms with E-state index >= 15 is 0 Å². The van der Waals surface area contributed by atoms with Crippen LogP contribution < -0.4 is 0 Å². The molecule has 11 aromatic rings. The van der Waals surface area contributed by atoms with E-state index in [4.69, 9.17) is 19.4 Å². The fourth-order valence-electron chi connectivity index (χ4n) is 10.3. The zero-order valence-electron chi connectivity index (χ0n) is 37.5. The van der Waals surface area contributed by atoms with Crippen molar-refractivity contribution in [3.8, 4) is 67.5 Å². The molecule has 0 amide bonds. The smallest absolute Gasteiger partial charge is 0.164 e. The summed E-state index contributed by atoms with van der Waals surface area (Å²) in [5, 5.41) is 2.01. The molecule has 0 aliphatic heterocycles. The van der Waals surface area contributed by atoms with Gasteiger partial charge in [0.1, 0.15) is 11.2 Å². The average molecular weight is 862 g/mol. The Hall–Kier alpha value is -8.21. The minimum atomic E-state index is -0.0581. The number of nitrogens with zero attached hydrogens (tertiary/aromatic N) is 3. The van der Waals surface area contributed by atoms with Crippen LogP contribution in [0, 0.1) is 0 Å². The molecule has 2 heterocycles. The largest absolute Gasteiger partial charge is 0.456 e. The number of aryl methyl sites for hydroxylation is 1. The van der Waals surface area contributed by atoms with Gasteiger partial charge in [-0.15, -0.1) is 0 Å². The fraction of sp³-hybridized carbons (Fsp3) is 0.0952. The summed E-state index contributed by atoms with van der Waals surface area (Å²) in [6, 6.07) is 78.1. The van der Waals surface area contributed by atoms with E-state index in [1.807, 2.05) is 72.8 Å². The van der Waals surface area contributed by atoms with Crippen LogP contribution in [0.3, 0.4) is 0 Å². The summed E-state index contributed by atoms with van der Waals surface area (Å²) < 4.78 is 6.49. The lowest BCUT2D eigenvalue weighted by Gasteiger charge is -2.24. The molecule has 12 rings (SSSR count). The van der Waals surface area contributed by atoms with Gasteiger partial charge in [0, 0.05) is 38.8 Å². The molecular formula is C63H47N3O. The van der Waals surface area contributed by atoms with Crippen LogP contribution in [0.5, 0.6) is 0 Å². The van der Waals surface area contributed by atoms with E-state index in [2.05, 4.69) is 159 Å². The van der Waals surface area contributed by atoms with E-state index in [1.165, 1.54) is 50.1 Å². The summed E-state index contributed by atoms with van der Waals surface area (Å²) in [5.74, 6) is 2.10. The molecule has 0 N–H and O–H groups in total. The SMILES string of the molecule is CC1(C)c2ccccc2-c2ccc(C(CCc3ccc(-c4ccc5oc6cccc(-c7nc(-c8ccccc8)nc(-c8ccccc8)n7)c6c5c4)cc3)c3ccc(-c4ccccc4)cc3)cc21. The molecule has 0 bridgehead atoms. The van der Waals surface area contributed by atoms with Crippen LogP contribution in [-0.2, 0) is 11.8 Å². The Bertz CT molecular complexity index is 3520. The minimum absolute atomic E-state index is 0.0581. The number of fused-ring (bicyclic) bond motifs is 6. The van der Waals surface area contributed by atoms with Crippen LogP contribution in [-0.4, -0.2) is 15.0 Å². The molecule has 67 heavy (non-hydrogen) atoms. The molecule has 2 aromatic heterocycles. The number of furan rings is 1. The van der Waals surface area contributed by atoms with Crippen molar-refractivity contribution in [3.63, 3.8) is 0 Å². The van der Waals surface area contributed by atoms with Crippen LogP contribution >= 0.6 is 0 Å². The van der Waals surface area contributed by atoms with Gasteiger partial charge < -0.3 is 4.42 Å². The predicted molar refractivity (Wildman–Crippen MR) is 275 cm³/mol. The summed E-state index contributed by atoms with van der Waals surface area (Å²) in [5.41, 5.74) is 18.7. The molecule has 1 aliphatic rings. The van der Waals surface area contributed by atoms with Crippen molar-refractivity contribution in [1.29, 1.82) is 0 Å². The van der Waals surface area contributed by atoms with Crippen LogP contribution in [0.15, 0.2) is 223 Å². The number of aromatic nitrogens is 3. The topological polar surface area (TPSA) is 51.8 Å². The summed E-state index contributed by atoms with van der Waals surface area (Å²) >= 11 is 0. The van der Waals surface area contributed by atoms with Crippen LogP contribution in [0.25, 0.3) is 89.5 Å². The van der Waals surface area contributed by atoms with Gasteiger partial charge in [-0.2, -0.15) is 0 Å². The van der Waals surface area contributed by atoms with Crippen molar-refractivity contribution in [2.24, 2.45) is 0 Å². The van der Waals surface area contributed by atoms with Crippen LogP contribution in [0.1, 0.15) is 54.0 Å². The van der Waals surface area contributed by atoms with Crippen molar-refractivity contribution < 1.29 is 4.42 Å². The van der Waals surface area contributed by atoms with Crippen molar-refractivity contribution in [1.82, 2.24) is 15.0 Å². The van der Waals surface area contributed by atoms with Gasteiger partial charge >= 0.3 is 0 Å². The molecule has 0 spiro atoms. The van der Waals surface area contributed by atoms with Crippen LogP contribution in [0.2, 0.25) is 0 Å². The zero-order valence-corrected chi connectivity index (χ0v) is 37.5. The van der Waals surface area contributed by atoms with Crippen LogP contribution in [0.4, 0.5) is 0 Å². The first-order valence-electron chi connectivity index (χ1n) is 23.3. The predicted octanol–water partition coefficient (Wildman–Crippen LogP) is 16.2. The first-order valence-corrected chi connectivity index (χ1v) is 23.3. The second-order valence-corrected chi connectivity index (χ2v) is 18.3. The summed E-state index contributed by atoms with van der Waals surface area (Å²) in [6.45, 7) is 4.74. The van der Waals surface area contributed by atoms with Gasteiger partial charge in [0.25, 0.3) is 0 Å². The number of hydrogen-bond acceptors (Lipinski definition) is 4. The molecule has 0 saturated heterocycles. The Balaban J connectivity index is 0.865. The Morgan fingerprint density at radius 3 is 1.64 bits per heavy atom. The maximum absolute atomic E-state index is 6.49. The maximum Gasteiger partial charge on any atom is 0.164 e. The van der Waals surface area contributed by atoms with Gasteiger partial charge in [-0.3, -0.25) is 0 Å². The second kappa shape index (κ2) is 16.7. The molecule has 0 saturated carbocycles. The van der Waals surface area contributed by atoms with Gasteiger partial charge in [-0.05, 0) is 92.2 Å². The highest BCUT2D eigenvalue weighted by molar-refractivity contribution is 6.12. The number of hydrogen-bond donors (Lipinski definition) is 0. The lowest BCUT2D eigenvalue weighted by Crippen LogP contribution is -2.15. The highest BCUT2D eigenvalue weighted by atomic mass is 16.3. The maximum atomic E-state index is 6.49. The van der Waals surface area contributed by atoms with Crippen molar-refractivity contribution in [2.45, 2.75) is 38.0 Å². The molecule has 0 fully saturated rings. The highest BCUT2D eigenvalue weighted by Crippen LogP contribution is 2.50. The van der Waals surface area contributed by atoms with Gasteiger partial charge in [0.05, 0.1) is 0 Å². The summed E-state index contributed by atoms with van der Waals surface area (Å²) in [6.07, 6.45) is 1.93. The average Bonchev–Trinajstić information content (AvgIpc) is 3.88. The van der Waals surface area contributed by atoms with E-state index in [0.717, 1.165) is 62.6 Å². The van der Waals surface area contributed by atoms with E-state index in [1.54, 1.807) is 0 Å². The summed E-state index contributed by atoms with van der Waals surface area (Å²) in [7, 11) is 0. The first kappa shape index (κ1) is 40.3. The number of rotatable bonds is 10. The molecular weight excluding hydrogens is 815 g/mol. The van der Waals surface area contributed by atoms with E-state index < -0.39 is 0 Å². The minimum Gasteiger partial charge on any atom is -0.456 e. The third-order valence-electron chi connectivity index (χ3n) is 13.9. The molecule has 4 heteroatoms. The van der Waals surface area contributed by atoms with Crippen molar-refractivity contribution in [3.05, 3.63) is 246 Å². The quantitative estimate of drug-likeness (QED) is 0.137. The monoisotopic (exact) mass is 861 g/mol. The third-order valence-corrected chi connectivity index (χ3v) is 13.9. The zero-order chi connectivity index (χ0) is 44.9. The normalized spacial score (nSPS) is 13.1.